The lowest BCUT2D eigenvalue weighted by molar-refractivity contribution is 0.130. The van der Waals surface area contributed by atoms with E-state index in [1.54, 1.807) is 19.2 Å². The molecule has 2 aromatic carbocycles. The van der Waals surface area contributed by atoms with Gasteiger partial charge in [-0.3, -0.25) is 9.13 Å². The lowest BCUT2D eigenvalue weighted by Crippen LogP contribution is -2.38. The van der Waals surface area contributed by atoms with Crippen LogP contribution in [0.1, 0.15) is 18.5 Å². The number of aliphatic hydroxyl groups is 1. The van der Waals surface area contributed by atoms with Gasteiger partial charge in [-0.1, -0.05) is 36.4 Å². The van der Waals surface area contributed by atoms with E-state index < -0.39 is 18.0 Å². The summed E-state index contributed by atoms with van der Waals surface area (Å²) >= 11 is 0. The average molecular weight is 380 g/mol. The highest BCUT2D eigenvalue weighted by Crippen LogP contribution is 2.27. The van der Waals surface area contributed by atoms with Gasteiger partial charge in [0.05, 0.1) is 17.7 Å². The summed E-state index contributed by atoms with van der Waals surface area (Å²) in [4.78, 5) is 13.0. The molecule has 0 fully saturated rings. The maximum absolute atomic E-state index is 14.6. The SMILES string of the molecule is CCn1c(=O)n(C(c2ccccc2)C(O)CNC)c2c(F)cccc21.Cl. The molecule has 2 unspecified atom stereocenters. The Morgan fingerprint density at radius 2 is 1.85 bits per heavy atom. The number of aryl methyl sites for hydroxylation is 1. The third kappa shape index (κ3) is 3.40. The fourth-order valence-electron chi connectivity index (χ4n) is 3.37. The van der Waals surface area contributed by atoms with E-state index in [0.717, 1.165) is 5.56 Å². The van der Waals surface area contributed by atoms with Crippen molar-refractivity contribution in [3.05, 3.63) is 70.4 Å². The van der Waals surface area contributed by atoms with Crippen LogP contribution < -0.4 is 11.0 Å². The van der Waals surface area contributed by atoms with Gasteiger partial charge in [-0.25, -0.2) is 9.18 Å². The van der Waals surface area contributed by atoms with Gasteiger partial charge in [-0.2, -0.15) is 0 Å². The Bertz CT molecular complexity index is 924. The first-order valence-corrected chi connectivity index (χ1v) is 8.37. The van der Waals surface area contributed by atoms with E-state index in [9.17, 15) is 14.3 Å². The van der Waals surface area contributed by atoms with E-state index in [1.165, 1.54) is 15.2 Å². The number of aliphatic hydroxyl groups excluding tert-OH is 1. The summed E-state index contributed by atoms with van der Waals surface area (Å²) in [5, 5.41) is 13.6. The Hall–Kier alpha value is -2.15. The molecule has 5 nitrogen and oxygen atoms in total. The lowest BCUT2D eigenvalue weighted by Gasteiger charge is -2.25. The molecule has 0 bridgehead atoms. The van der Waals surface area contributed by atoms with Crippen LogP contribution in [0.2, 0.25) is 0 Å². The second kappa shape index (κ2) is 8.49. The number of aromatic nitrogens is 2. The van der Waals surface area contributed by atoms with Gasteiger partial charge in [0.25, 0.3) is 0 Å². The van der Waals surface area contributed by atoms with Crippen molar-refractivity contribution >= 4 is 23.4 Å². The summed E-state index contributed by atoms with van der Waals surface area (Å²) in [5.74, 6) is -0.473. The molecule has 0 saturated carbocycles. The fraction of sp³-hybridized carbons (Fsp3) is 0.316. The van der Waals surface area contributed by atoms with Gasteiger partial charge in [0.2, 0.25) is 0 Å². The van der Waals surface area contributed by atoms with Gasteiger partial charge >= 0.3 is 5.69 Å². The second-order valence-corrected chi connectivity index (χ2v) is 5.98. The van der Waals surface area contributed by atoms with Crippen molar-refractivity contribution in [1.29, 1.82) is 0 Å². The van der Waals surface area contributed by atoms with Crippen molar-refractivity contribution in [3.63, 3.8) is 0 Å². The monoisotopic (exact) mass is 379 g/mol. The number of benzene rings is 2. The fourth-order valence-corrected chi connectivity index (χ4v) is 3.37. The normalized spacial score (nSPS) is 13.4. The summed E-state index contributed by atoms with van der Waals surface area (Å²) in [5.41, 5.74) is 1.18. The molecular formula is C19H23ClFN3O2. The van der Waals surface area contributed by atoms with Gasteiger partial charge in [0, 0.05) is 13.1 Å². The minimum Gasteiger partial charge on any atom is -0.389 e. The number of fused-ring (bicyclic) bond motifs is 1. The van der Waals surface area contributed by atoms with Crippen molar-refractivity contribution < 1.29 is 9.50 Å². The smallest absolute Gasteiger partial charge is 0.329 e. The van der Waals surface area contributed by atoms with Crippen molar-refractivity contribution in [2.75, 3.05) is 13.6 Å². The summed E-state index contributed by atoms with van der Waals surface area (Å²) in [7, 11) is 1.73. The molecule has 0 saturated heterocycles. The van der Waals surface area contributed by atoms with Gasteiger partial charge in [-0.05, 0) is 31.7 Å². The van der Waals surface area contributed by atoms with Crippen molar-refractivity contribution in [1.82, 2.24) is 14.5 Å². The predicted octanol–water partition coefficient (Wildman–Crippen LogP) is 2.55. The molecule has 0 amide bonds. The zero-order chi connectivity index (χ0) is 18.0. The minimum absolute atomic E-state index is 0. The highest BCUT2D eigenvalue weighted by molar-refractivity contribution is 5.85. The van der Waals surface area contributed by atoms with Crippen LogP contribution in [0.25, 0.3) is 11.0 Å². The van der Waals surface area contributed by atoms with Gasteiger partial charge in [0.1, 0.15) is 11.3 Å². The number of nitrogens with one attached hydrogen (secondary N) is 1. The molecule has 3 rings (SSSR count). The molecule has 0 spiro atoms. The van der Waals surface area contributed by atoms with Gasteiger partial charge in [-0.15, -0.1) is 12.4 Å². The number of rotatable bonds is 6. The maximum atomic E-state index is 14.6. The predicted molar refractivity (Wildman–Crippen MR) is 104 cm³/mol. The summed E-state index contributed by atoms with van der Waals surface area (Å²) in [6.45, 7) is 2.55. The van der Waals surface area contributed by atoms with E-state index >= 15 is 0 Å². The van der Waals surface area contributed by atoms with E-state index in [1.807, 2.05) is 37.3 Å². The highest BCUT2D eigenvalue weighted by atomic mass is 35.5. The van der Waals surface area contributed by atoms with Crippen LogP contribution in [0.4, 0.5) is 4.39 Å². The lowest BCUT2D eigenvalue weighted by atomic mass is 10.0. The third-order valence-electron chi connectivity index (χ3n) is 4.45. The van der Waals surface area contributed by atoms with Crippen LogP contribution in [0.3, 0.4) is 0 Å². The van der Waals surface area contributed by atoms with E-state index in [-0.39, 0.29) is 30.2 Å². The quantitative estimate of drug-likeness (QED) is 0.692. The summed E-state index contributed by atoms with van der Waals surface area (Å²) in [6.07, 6.45) is -0.888. The third-order valence-corrected chi connectivity index (χ3v) is 4.45. The largest absolute Gasteiger partial charge is 0.389 e. The Kier molecular flexibility index (Phi) is 6.58. The average Bonchev–Trinajstić information content (AvgIpc) is 2.89. The number of imidazole rings is 1. The number of para-hydroxylation sites is 1. The molecule has 7 heteroatoms. The molecule has 0 aliphatic carbocycles. The zero-order valence-electron chi connectivity index (χ0n) is 14.7. The van der Waals surface area contributed by atoms with Crippen molar-refractivity contribution in [3.8, 4) is 0 Å². The standard InChI is InChI=1S/C19H22FN3O2.ClH/c1-3-22-15-11-7-10-14(20)18(15)23(19(22)25)17(16(24)12-21-2)13-8-5-4-6-9-13;/h4-11,16-17,21,24H,3,12H2,1-2H3;1H. The van der Waals surface area contributed by atoms with Crippen molar-refractivity contribution in [2.45, 2.75) is 25.6 Å². The summed E-state index contributed by atoms with van der Waals surface area (Å²) in [6, 6.07) is 13.2. The van der Waals surface area contributed by atoms with Crippen LogP contribution in [0, 0.1) is 5.82 Å². The Labute approximate surface area is 157 Å². The van der Waals surface area contributed by atoms with Crippen LogP contribution in [-0.4, -0.2) is 33.9 Å². The molecule has 2 N–H and O–H groups in total. The zero-order valence-corrected chi connectivity index (χ0v) is 15.5. The topological polar surface area (TPSA) is 59.2 Å². The first kappa shape index (κ1) is 20.2. The minimum atomic E-state index is -0.888. The van der Waals surface area contributed by atoms with Crippen LogP contribution >= 0.6 is 12.4 Å². The van der Waals surface area contributed by atoms with Gasteiger partial charge in [0.15, 0.2) is 0 Å². The van der Waals surface area contributed by atoms with Gasteiger partial charge < -0.3 is 10.4 Å². The maximum Gasteiger partial charge on any atom is 0.329 e. The first-order chi connectivity index (χ1) is 12.1. The van der Waals surface area contributed by atoms with Crippen molar-refractivity contribution in [2.24, 2.45) is 0 Å². The number of nitrogens with zero attached hydrogens (tertiary/aromatic N) is 2. The second-order valence-electron chi connectivity index (χ2n) is 5.98. The molecule has 0 aliphatic heterocycles. The number of halogens is 2. The molecule has 3 aromatic rings. The number of hydrogen-bond acceptors (Lipinski definition) is 3. The number of hydrogen-bond donors (Lipinski definition) is 2. The Balaban J connectivity index is 0.00000243. The van der Waals surface area contributed by atoms with Crippen LogP contribution in [0.5, 0.6) is 0 Å². The van der Waals surface area contributed by atoms with E-state index in [4.69, 9.17) is 0 Å². The molecule has 140 valence electrons. The van der Waals surface area contributed by atoms with Crippen LogP contribution in [-0.2, 0) is 6.54 Å². The molecule has 1 heterocycles. The molecule has 2 atom stereocenters. The molecular weight excluding hydrogens is 357 g/mol. The van der Waals surface area contributed by atoms with E-state index in [2.05, 4.69) is 5.32 Å². The number of likely N-dealkylation sites (N-methyl/N-ethyl adjacent to an activating group) is 1. The Morgan fingerprint density at radius 3 is 2.46 bits per heavy atom. The molecule has 0 aliphatic rings. The first-order valence-electron chi connectivity index (χ1n) is 8.37. The summed E-state index contributed by atoms with van der Waals surface area (Å²) < 4.78 is 17.5. The van der Waals surface area contributed by atoms with E-state index in [0.29, 0.717) is 12.1 Å². The molecule has 0 radical (unpaired) electrons. The Morgan fingerprint density at radius 1 is 1.15 bits per heavy atom. The highest BCUT2D eigenvalue weighted by Gasteiger charge is 2.28. The van der Waals surface area contributed by atoms with Crippen LogP contribution in [0.15, 0.2) is 53.3 Å². The molecule has 26 heavy (non-hydrogen) atoms. The molecule has 1 aromatic heterocycles.